The first-order valence-corrected chi connectivity index (χ1v) is 5.61. The van der Waals surface area contributed by atoms with Gasteiger partial charge in [0.2, 0.25) is 0 Å². The number of nitrogens with zero attached hydrogens (tertiary/aromatic N) is 1. The van der Waals surface area contributed by atoms with Gasteiger partial charge >= 0.3 is 0 Å². The molecule has 0 aromatic carbocycles. The molecule has 1 aromatic rings. The molecule has 0 aliphatic rings. The van der Waals surface area contributed by atoms with E-state index in [4.69, 9.17) is 0 Å². The molecule has 0 aliphatic heterocycles. The highest BCUT2D eigenvalue weighted by Gasteiger charge is 2.10. The molecule has 0 aliphatic carbocycles. The van der Waals surface area contributed by atoms with Crippen LogP contribution in [0.1, 0.15) is 31.1 Å². The summed E-state index contributed by atoms with van der Waals surface area (Å²) >= 11 is 0. The van der Waals surface area contributed by atoms with Gasteiger partial charge in [-0.25, -0.2) is 0 Å². The van der Waals surface area contributed by atoms with Crippen molar-refractivity contribution < 1.29 is 4.79 Å². The number of rotatable bonds is 5. The van der Waals surface area contributed by atoms with Crippen LogP contribution in [0.5, 0.6) is 0 Å². The summed E-state index contributed by atoms with van der Waals surface area (Å²) in [5.41, 5.74) is 1.43. The minimum Gasteiger partial charge on any atom is -0.383 e. The van der Waals surface area contributed by atoms with Crippen LogP contribution in [0.15, 0.2) is 18.5 Å². The van der Waals surface area contributed by atoms with Gasteiger partial charge in [0.25, 0.3) is 5.91 Å². The highest BCUT2D eigenvalue weighted by molar-refractivity contribution is 5.99. The lowest BCUT2D eigenvalue weighted by atomic mass is 10.2. The highest BCUT2D eigenvalue weighted by atomic mass is 16.1. The number of carbonyl (C=O) groups is 1. The monoisotopic (exact) mass is 221 g/mol. The van der Waals surface area contributed by atoms with Crippen molar-refractivity contribution in [3.8, 4) is 0 Å². The Morgan fingerprint density at radius 3 is 2.88 bits per heavy atom. The predicted molar refractivity (Wildman–Crippen MR) is 65.6 cm³/mol. The molecule has 0 bridgehead atoms. The topological polar surface area (TPSA) is 54.0 Å². The molecule has 0 spiro atoms. The summed E-state index contributed by atoms with van der Waals surface area (Å²) in [5, 5.41) is 6.01. The number of carbonyl (C=O) groups excluding carboxylic acids is 1. The largest absolute Gasteiger partial charge is 0.383 e. The zero-order valence-corrected chi connectivity index (χ0v) is 10.1. The summed E-state index contributed by atoms with van der Waals surface area (Å²) in [7, 11) is 0. The first kappa shape index (κ1) is 12.5. The maximum absolute atomic E-state index is 11.9. The third-order valence-corrected chi connectivity index (χ3v) is 2.10. The number of pyridine rings is 1. The van der Waals surface area contributed by atoms with E-state index in [-0.39, 0.29) is 5.91 Å². The van der Waals surface area contributed by atoms with Gasteiger partial charge in [0.1, 0.15) is 0 Å². The Labute approximate surface area is 96.5 Å². The molecule has 0 radical (unpaired) electrons. The minimum absolute atomic E-state index is 0.0490. The number of nitrogens with one attached hydrogen (secondary N) is 2. The lowest BCUT2D eigenvalue weighted by Crippen LogP contribution is -2.28. The lowest BCUT2D eigenvalue weighted by molar-refractivity contribution is 0.0949. The maximum Gasteiger partial charge on any atom is 0.253 e. The summed E-state index contributed by atoms with van der Waals surface area (Å²) in [5.74, 6) is 0.403. The average molecular weight is 221 g/mol. The summed E-state index contributed by atoms with van der Waals surface area (Å²) in [6, 6.07) is 1.73. The van der Waals surface area contributed by atoms with Crippen molar-refractivity contribution in [1.29, 1.82) is 0 Å². The molecule has 4 nitrogen and oxygen atoms in total. The van der Waals surface area contributed by atoms with Crippen molar-refractivity contribution in [2.45, 2.75) is 20.8 Å². The van der Waals surface area contributed by atoms with Crippen molar-refractivity contribution in [3.05, 3.63) is 24.0 Å². The van der Waals surface area contributed by atoms with Crippen LogP contribution in [-0.4, -0.2) is 24.0 Å². The second kappa shape index (κ2) is 6.10. The van der Waals surface area contributed by atoms with Crippen LogP contribution < -0.4 is 10.6 Å². The van der Waals surface area contributed by atoms with Crippen molar-refractivity contribution in [2.75, 3.05) is 18.4 Å². The molecule has 0 saturated heterocycles. The molecule has 2 N–H and O–H groups in total. The second-order valence-corrected chi connectivity index (χ2v) is 4.06. The Hall–Kier alpha value is -1.58. The van der Waals surface area contributed by atoms with Gasteiger partial charge in [0.05, 0.1) is 17.4 Å². The summed E-state index contributed by atoms with van der Waals surface area (Å²) in [6.07, 6.45) is 3.30. The van der Waals surface area contributed by atoms with E-state index in [0.29, 0.717) is 18.0 Å². The van der Waals surface area contributed by atoms with E-state index >= 15 is 0 Å². The van der Waals surface area contributed by atoms with Crippen LogP contribution in [0.4, 0.5) is 5.69 Å². The SMILES string of the molecule is CCNc1cnccc1C(=O)NCC(C)C. The molecule has 1 rings (SSSR count). The molecule has 16 heavy (non-hydrogen) atoms. The highest BCUT2D eigenvalue weighted by Crippen LogP contribution is 2.12. The van der Waals surface area contributed by atoms with Crippen LogP contribution in [0.2, 0.25) is 0 Å². The van der Waals surface area contributed by atoms with E-state index in [9.17, 15) is 4.79 Å². The molecule has 1 amide bonds. The first-order chi connectivity index (χ1) is 7.65. The third kappa shape index (κ3) is 3.53. The molecular formula is C12H19N3O. The summed E-state index contributed by atoms with van der Waals surface area (Å²) in [6.45, 7) is 7.59. The number of aromatic nitrogens is 1. The number of amides is 1. The normalized spacial score (nSPS) is 10.2. The fraction of sp³-hybridized carbons (Fsp3) is 0.500. The Morgan fingerprint density at radius 2 is 2.25 bits per heavy atom. The Bertz CT molecular complexity index is 350. The molecular weight excluding hydrogens is 202 g/mol. The minimum atomic E-state index is -0.0490. The molecule has 0 atom stereocenters. The van der Waals surface area contributed by atoms with Crippen LogP contribution in [0.25, 0.3) is 0 Å². The number of hydrogen-bond acceptors (Lipinski definition) is 3. The first-order valence-electron chi connectivity index (χ1n) is 5.61. The predicted octanol–water partition coefficient (Wildman–Crippen LogP) is 1.90. The molecule has 88 valence electrons. The van der Waals surface area contributed by atoms with Gasteiger partial charge in [-0.3, -0.25) is 9.78 Å². The molecule has 1 aromatic heterocycles. The van der Waals surface area contributed by atoms with Crippen LogP contribution >= 0.6 is 0 Å². The number of anilines is 1. The van der Waals surface area contributed by atoms with Crippen molar-refractivity contribution in [3.63, 3.8) is 0 Å². The fourth-order valence-corrected chi connectivity index (χ4v) is 1.32. The third-order valence-electron chi connectivity index (χ3n) is 2.10. The Morgan fingerprint density at radius 1 is 1.50 bits per heavy atom. The van der Waals surface area contributed by atoms with Gasteiger partial charge < -0.3 is 10.6 Å². The van der Waals surface area contributed by atoms with E-state index in [0.717, 1.165) is 12.2 Å². The second-order valence-electron chi connectivity index (χ2n) is 4.06. The van der Waals surface area contributed by atoms with E-state index in [1.54, 1.807) is 18.5 Å². The summed E-state index contributed by atoms with van der Waals surface area (Å²) < 4.78 is 0. The van der Waals surface area contributed by atoms with E-state index in [1.807, 2.05) is 6.92 Å². The Balaban J connectivity index is 2.73. The van der Waals surface area contributed by atoms with Crippen LogP contribution in [0, 0.1) is 5.92 Å². The zero-order valence-electron chi connectivity index (χ0n) is 10.1. The van der Waals surface area contributed by atoms with Gasteiger partial charge in [-0.15, -0.1) is 0 Å². The van der Waals surface area contributed by atoms with Crippen molar-refractivity contribution >= 4 is 11.6 Å². The molecule has 4 heteroatoms. The molecule has 0 unspecified atom stereocenters. The standard InChI is InChI=1S/C12H19N3O/c1-4-14-11-8-13-6-5-10(11)12(16)15-7-9(2)3/h5-6,8-9,14H,4,7H2,1-3H3,(H,15,16). The van der Waals surface area contributed by atoms with Gasteiger partial charge in [-0.2, -0.15) is 0 Å². The average Bonchev–Trinajstić information content (AvgIpc) is 2.27. The number of hydrogen-bond donors (Lipinski definition) is 2. The molecule has 0 fully saturated rings. The van der Waals surface area contributed by atoms with Crippen LogP contribution in [-0.2, 0) is 0 Å². The maximum atomic E-state index is 11.9. The van der Waals surface area contributed by atoms with Crippen molar-refractivity contribution in [2.24, 2.45) is 5.92 Å². The van der Waals surface area contributed by atoms with Crippen molar-refractivity contribution in [1.82, 2.24) is 10.3 Å². The van der Waals surface area contributed by atoms with Gasteiger partial charge in [-0.1, -0.05) is 13.8 Å². The molecule has 1 heterocycles. The van der Waals surface area contributed by atoms with E-state index in [1.165, 1.54) is 0 Å². The Kier molecular flexibility index (Phi) is 4.76. The van der Waals surface area contributed by atoms with Gasteiger partial charge in [-0.05, 0) is 18.9 Å². The molecule has 0 saturated carbocycles. The zero-order chi connectivity index (χ0) is 12.0. The fourth-order valence-electron chi connectivity index (χ4n) is 1.32. The van der Waals surface area contributed by atoms with Gasteiger partial charge in [0.15, 0.2) is 0 Å². The van der Waals surface area contributed by atoms with E-state index in [2.05, 4.69) is 29.5 Å². The quantitative estimate of drug-likeness (QED) is 0.798. The lowest BCUT2D eigenvalue weighted by Gasteiger charge is -2.11. The smallest absolute Gasteiger partial charge is 0.253 e. The van der Waals surface area contributed by atoms with Crippen LogP contribution in [0.3, 0.4) is 0 Å². The van der Waals surface area contributed by atoms with E-state index < -0.39 is 0 Å². The summed E-state index contributed by atoms with van der Waals surface area (Å²) in [4.78, 5) is 15.9. The van der Waals surface area contributed by atoms with Gasteiger partial charge in [0, 0.05) is 19.3 Å².